The van der Waals surface area contributed by atoms with Crippen LogP contribution in [0.1, 0.15) is 0 Å². The summed E-state index contributed by atoms with van der Waals surface area (Å²) in [6, 6.07) is 72.5. The number of nitrogens with zero attached hydrogens (tertiary/aromatic N) is 4. The van der Waals surface area contributed by atoms with Crippen molar-refractivity contribution < 1.29 is 13.2 Å². The first-order valence-electron chi connectivity index (χ1n) is 22.3. The highest BCUT2D eigenvalue weighted by atomic mass is 32.2. The summed E-state index contributed by atoms with van der Waals surface area (Å²) in [4.78, 5) is 5.43. The van der Waals surface area contributed by atoms with E-state index in [4.69, 9.17) is 9.72 Å². The van der Waals surface area contributed by atoms with E-state index < -0.39 is 9.84 Å². The average molecular weight is 881 g/mol. The van der Waals surface area contributed by atoms with Gasteiger partial charge in [0.1, 0.15) is 21.3 Å². The van der Waals surface area contributed by atoms with E-state index >= 15 is 0 Å². The number of hydrogen-bond donors (Lipinski definition) is 0. The number of ether oxygens (including phenoxy) is 1. The van der Waals surface area contributed by atoms with E-state index in [1.807, 2.05) is 36.5 Å². The van der Waals surface area contributed by atoms with Gasteiger partial charge in [0.15, 0.2) is 0 Å². The van der Waals surface area contributed by atoms with Crippen molar-refractivity contribution in [2.24, 2.45) is 0 Å². The van der Waals surface area contributed by atoms with Crippen LogP contribution in [0.5, 0.6) is 11.5 Å². The van der Waals surface area contributed by atoms with Crippen LogP contribution in [0, 0.1) is 0 Å². The normalized spacial score (nSPS) is 13.1. The Balaban J connectivity index is 1.23. The van der Waals surface area contributed by atoms with Gasteiger partial charge in [-0.1, -0.05) is 109 Å². The standard InChI is InChI=1S/C59H36N4O3S/c64-67(65)57-28-14-13-27-55(57)66-56-35-48-47(36-58(56)67)44-32-39(63-49-23-9-7-20-41(49)42-21-8-10-24-50(42)63)29-30-40(44)45-33-53-54(34-46(45)43-22-15-31-60-59(43)48)62(38-18-5-2-6-19-38)52-26-12-11-25-51(52)61(53)37-16-3-1-4-17-37/h1-36H. The van der Waals surface area contributed by atoms with Crippen LogP contribution in [0.2, 0.25) is 0 Å². The van der Waals surface area contributed by atoms with Gasteiger partial charge in [-0.15, -0.1) is 0 Å². The van der Waals surface area contributed by atoms with Crippen molar-refractivity contribution in [1.82, 2.24) is 18.7 Å². The summed E-state index contributed by atoms with van der Waals surface area (Å²) in [7, 11) is -3.98. The molecule has 0 saturated heterocycles. The Kier molecular flexibility index (Phi) is 7.94. The van der Waals surface area contributed by atoms with Gasteiger partial charge in [0, 0.05) is 44.8 Å². The Labute approximate surface area is 383 Å². The van der Waals surface area contributed by atoms with Crippen molar-refractivity contribution in [3.8, 4) is 28.6 Å². The fraction of sp³-hybridized carbons (Fsp3) is 0. The molecule has 8 heteroatoms. The lowest BCUT2D eigenvalue weighted by molar-refractivity contribution is 0.444. The van der Waals surface area contributed by atoms with Gasteiger partial charge in [0.2, 0.25) is 9.84 Å². The van der Waals surface area contributed by atoms with Crippen LogP contribution >= 0.6 is 0 Å². The maximum absolute atomic E-state index is 14.7. The largest absolute Gasteiger partial charge is 0.455 e. The van der Waals surface area contributed by atoms with Crippen molar-refractivity contribution in [2.45, 2.75) is 9.79 Å². The van der Waals surface area contributed by atoms with Gasteiger partial charge in [-0.2, -0.15) is 0 Å². The second kappa shape index (κ2) is 14.1. The minimum absolute atomic E-state index is 0.118. The van der Waals surface area contributed by atoms with E-state index in [2.05, 4.69) is 171 Å². The van der Waals surface area contributed by atoms with Crippen molar-refractivity contribution in [2.75, 3.05) is 0 Å². The quantitative estimate of drug-likeness (QED) is 0.166. The molecule has 0 radical (unpaired) electrons. The highest BCUT2D eigenvalue weighted by Crippen LogP contribution is 2.47. The van der Waals surface area contributed by atoms with Crippen molar-refractivity contribution >= 4 is 96.9 Å². The lowest BCUT2D eigenvalue weighted by Gasteiger charge is -2.23. The smallest absolute Gasteiger partial charge is 0.213 e. The molecule has 1 aliphatic heterocycles. The lowest BCUT2D eigenvalue weighted by atomic mass is 9.95. The maximum atomic E-state index is 14.7. The van der Waals surface area contributed by atoms with Gasteiger partial charge in [0.05, 0.1) is 38.6 Å². The monoisotopic (exact) mass is 880 g/mol. The van der Waals surface area contributed by atoms with E-state index in [1.165, 1.54) is 0 Å². The molecule has 0 unspecified atom stereocenters. The SMILES string of the molecule is O=S1(=O)c2ccccc2Oc2cc3c(cc21)c1cc(-n2c4ccccc4c4ccccc42)ccc1c1cc2c(cc1c1cccnc13)n(-c1ccccc1)c1ccccc1n2-c1ccccc1. The molecule has 13 aromatic rings. The van der Waals surface area contributed by atoms with Crippen molar-refractivity contribution in [3.05, 3.63) is 219 Å². The second-order valence-electron chi connectivity index (χ2n) is 17.1. The van der Waals surface area contributed by atoms with E-state index in [0.717, 1.165) is 104 Å². The molecule has 0 N–H and O–H groups in total. The number of hydrogen-bond acceptors (Lipinski definition) is 4. The first kappa shape index (κ1) is 37.6. The summed E-state index contributed by atoms with van der Waals surface area (Å²) in [5.74, 6) is 0.572. The zero-order valence-electron chi connectivity index (χ0n) is 35.7. The number of fused-ring (bicyclic) bond motifs is 15. The van der Waals surface area contributed by atoms with Gasteiger partial charge in [-0.05, 0) is 130 Å². The van der Waals surface area contributed by atoms with Crippen LogP contribution in [0.25, 0.3) is 104 Å². The molecule has 67 heavy (non-hydrogen) atoms. The van der Waals surface area contributed by atoms with Crippen LogP contribution in [0.15, 0.2) is 228 Å². The number of rotatable bonds is 3. The fourth-order valence-corrected chi connectivity index (χ4v) is 12.1. The van der Waals surface area contributed by atoms with Gasteiger partial charge >= 0.3 is 0 Å². The third-order valence-electron chi connectivity index (χ3n) is 13.5. The number of aromatic nitrogens is 4. The molecule has 10 aromatic carbocycles. The first-order valence-corrected chi connectivity index (χ1v) is 23.8. The molecule has 0 bridgehead atoms. The predicted molar refractivity (Wildman–Crippen MR) is 272 cm³/mol. The molecule has 7 nitrogen and oxygen atoms in total. The molecule has 0 amide bonds. The number of sulfone groups is 1. The summed E-state index contributed by atoms with van der Waals surface area (Å²) in [6.45, 7) is 0. The maximum Gasteiger partial charge on any atom is 0.213 e. The van der Waals surface area contributed by atoms with Gasteiger partial charge < -0.3 is 18.4 Å². The molecule has 0 spiro atoms. The molecule has 4 heterocycles. The van der Waals surface area contributed by atoms with Gasteiger partial charge in [-0.3, -0.25) is 4.98 Å². The zero-order valence-corrected chi connectivity index (χ0v) is 36.5. The third-order valence-corrected chi connectivity index (χ3v) is 15.3. The molecular weight excluding hydrogens is 845 g/mol. The average Bonchev–Trinajstić information content (AvgIpc) is 3.72. The Morgan fingerprint density at radius 1 is 0.328 bits per heavy atom. The summed E-state index contributed by atoms with van der Waals surface area (Å²) in [5, 5.41) is 8.52. The molecule has 14 rings (SSSR count). The predicted octanol–water partition coefficient (Wildman–Crippen LogP) is 14.7. The molecule has 0 aliphatic carbocycles. The van der Waals surface area contributed by atoms with Crippen molar-refractivity contribution in [1.29, 1.82) is 0 Å². The second-order valence-corrected chi connectivity index (χ2v) is 19.0. The van der Waals surface area contributed by atoms with Gasteiger partial charge in [0.25, 0.3) is 0 Å². The van der Waals surface area contributed by atoms with Crippen LogP contribution in [0.3, 0.4) is 0 Å². The highest BCUT2D eigenvalue weighted by molar-refractivity contribution is 7.91. The molecular formula is C59H36N4O3S. The number of pyridine rings is 1. The fourth-order valence-electron chi connectivity index (χ4n) is 10.6. The van der Waals surface area contributed by atoms with E-state index in [-0.39, 0.29) is 15.5 Å². The summed E-state index contributed by atoms with van der Waals surface area (Å²) < 4.78 is 42.9. The topological polar surface area (TPSA) is 71.1 Å². The molecule has 0 fully saturated rings. The molecule has 316 valence electrons. The van der Waals surface area contributed by atoms with Gasteiger partial charge in [-0.25, -0.2) is 8.42 Å². The Hall–Kier alpha value is -8.72. The van der Waals surface area contributed by atoms with Crippen LogP contribution < -0.4 is 4.74 Å². The minimum atomic E-state index is -3.98. The Bertz CT molecular complexity index is 4380. The lowest BCUT2D eigenvalue weighted by Crippen LogP contribution is -2.11. The molecule has 0 saturated carbocycles. The zero-order chi connectivity index (χ0) is 44.4. The number of para-hydroxylation sites is 7. The van der Waals surface area contributed by atoms with E-state index in [9.17, 15) is 8.42 Å². The molecule has 3 aromatic heterocycles. The van der Waals surface area contributed by atoms with E-state index in [1.54, 1.807) is 24.3 Å². The Morgan fingerprint density at radius 3 is 1.49 bits per heavy atom. The number of benzene rings is 9. The first-order chi connectivity index (χ1) is 33.0. The van der Waals surface area contributed by atoms with Crippen LogP contribution in [-0.4, -0.2) is 27.1 Å². The summed E-state index contributed by atoms with van der Waals surface area (Å²) >= 11 is 0. The Morgan fingerprint density at radius 2 is 0.836 bits per heavy atom. The van der Waals surface area contributed by atoms with Crippen LogP contribution in [0.4, 0.5) is 0 Å². The summed E-state index contributed by atoms with van der Waals surface area (Å²) in [6.07, 6.45) is 1.81. The molecule has 0 atom stereocenters. The minimum Gasteiger partial charge on any atom is -0.455 e. The molecule has 1 aliphatic rings. The summed E-state index contributed by atoms with van der Waals surface area (Å²) in [5.41, 5.74) is 9.97. The van der Waals surface area contributed by atoms with Crippen LogP contribution in [-0.2, 0) is 9.84 Å². The third kappa shape index (κ3) is 5.45. The van der Waals surface area contributed by atoms with Crippen molar-refractivity contribution in [3.63, 3.8) is 0 Å². The van der Waals surface area contributed by atoms with E-state index in [0.29, 0.717) is 5.75 Å². The highest BCUT2D eigenvalue weighted by Gasteiger charge is 2.32.